The molecule has 0 N–H and O–H groups in total. The van der Waals surface area contributed by atoms with E-state index in [2.05, 4.69) is 33.6 Å². The van der Waals surface area contributed by atoms with Gasteiger partial charge in [0.1, 0.15) is 12.0 Å². The zero-order valence-electron chi connectivity index (χ0n) is 17.3. The van der Waals surface area contributed by atoms with Crippen LogP contribution in [0.2, 0.25) is 0 Å². The Morgan fingerprint density at radius 3 is 2.68 bits per heavy atom. The predicted molar refractivity (Wildman–Crippen MR) is 111 cm³/mol. The highest BCUT2D eigenvalue weighted by molar-refractivity contribution is 5.92. The molecule has 0 aromatic carbocycles. The van der Waals surface area contributed by atoms with Crippen LogP contribution in [0.15, 0.2) is 30.2 Å². The fraction of sp³-hybridized carbons (Fsp3) is 0.476. The number of hydrogen-bond acceptors (Lipinski definition) is 5. The third-order valence-electron chi connectivity index (χ3n) is 5.39. The number of carbonyl (C=O) groups excluding carboxylic acids is 1. The van der Waals surface area contributed by atoms with Gasteiger partial charge in [0.15, 0.2) is 0 Å². The van der Waals surface area contributed by atoms with E-state index in [0.717, 1.165) is 35.5 Å². The lowest BCUT2D eigenvalue weighted by Crippen LogP contribution is -2.44. The van der Waals surface area contributed by atoms with Gasteiger partial charge < -0.3 is 4.90 Å². The first kappa shape index (κ1) is 19.9. The summed E-state index contributed by atoms with van der Waals surface area (Å²) in [6, 6.07) is 1.87. The van der Waals surface area contributed by atoms with Crippen molar-refractivity contribution >= 4 is 23.3 Å². The second-order valence-corrected chi connectivity index (χ2v) is 7.80. The highest BCUT2D eigenvalue weighted by atomic mass is 16.2. The molecular weight excluding hydrogens is 352 g/mol. The summed E-state index contributed by atoms with van der Waals surface area (Å²) in [5, 5.41) is 4.31. The molecule has 2 aromatic heterocycles. The predicted octanol–water partition coefficient (Wildman–Crippen LogP) is 3.67. The van der Waals surface area contributed by atoms with Crippen LogP contribution >= 0.6 is 0 Å². The molecule has 2 aromatic rings. The molecule has 1 saturated heterocycles. The molecule has 0 bridgehead atoms. The van der Waals surface area contributed by atoms with Crippen molar-refractivity contribution in [3.05, 3.63) is 42.0 Å². The molecule has 2 atom stereocenters. The maximum absolute atomic E-state index is 13.0. The Hall–Kier alpha value is -2.83. The summed E-state index contributed by atoms with van der Waals surface area (Å²) < 4.78 is 1.69. The van der Waals surface area contributed by atoms with Crippen LogP contribution in [0.4, 0.5) is 5.95 Å². The van der Waals surface area contributed by atoms with Gasteiger partial charge in [-0.2, -0.15) is 10.1 Å². The fourth-order valence-electron chi connectivity index (χ4n) is 3.46. The number of rotatable bonds is 4. The van der Waals surface area contributed by atoms with Crippen LogP contribution in [-0.2, 0) is 0 Å². The van der Waals surface area contributed by atoms with Gasteiger partial charge in [-0.25, -0.2) is 9.67 Å². The number of aliphatic imine (C=N–C) groups is 1. The van der Waals surface area contributed by atoms with Crippen molar-refractivity contribution < 1.29 is 4.79 Å². The minimum atomic E-state index is -0.0333. The third-order valence-corrected chi connectivity index (χ3v) is 5.39. The van der Waals surface area contributed by atoms with E-state index in [0.29, 0.717) is 24.1 Å². The monoisotopic (exact) mass is 380 g/mol. The van der Waals surface area contributed by atoms with Crippen molar-refractivity contribution in [2.45, 2.75) is 41.0 Å². The van der Waals surface area contributed by atoms with Crippen LogP contribution in [0.3, 0.4) is 0 Å². The van der Waals surface area contributed by atoms with Gasteiger partial charge in [-0.05, 0) is 57.2 Å². The number of nitrogens with zero attached hydrogens (tertiary/aromatic N) is 6. The zero-order chi connectivity index (χ0) is 20.4. The maximum Gasteiger partial charge on any atom is 0.272 e. The Bertz CT molecular complexity index is 925. The number of carbonyl (C=O) groups is 1. The van der Waals surface area contributed by atoms with Crippen LogP contribution in [0.5, 0.6) is 0 Å². The minimum absolute atomic E-state index is 0.0333. The van der Waals surface area contributed by atoms with Crippen molar-refractivity contribution in [3.8, 4) is 0 Å². The third kappa shape index (κ3) is 4.03. The summed E-state index contributed by atoms with van der Waals surface area (Å²) >= 11 is 0. The Morgan fingerprint density at radius 1 is 1.25 bits per heavy atom. The highest BCUT2D eigenvalue weighted by Gasteiger charge is 2.33. The molecule has 1 fully saturated rings. The highest BCUT2D eigenvalue weighted by Crippen LogP contribution is 2.32. The van der Waals surface area contributed by atoms with Gasteiger partial charge in [0.25, 0.3) is 11.9 Å². The topological polar surface area (TPSA) is 76.3 Å². The van der Waals surface area contributed by atoms with Crippen LogP contribution in [0.25, 0.3) is 5.70 Å². The van der Waals surface area contributed by atoms with Crippen molar-refractivity contribution in [2.24, 2.45) is 16.8 Å². The largest absolute Gasteiger partial charge is 0.337 e. The molecule has 0 unspecified atom stereocenters. The van der Waals surface area contributed by atoms with Gasteiger partial charge in [0, 0.05) is 36.6 Å². The van der Waals surface area contributed by atoms with E-state index in [1.807, 2.05) is 38.7 Å². The van der Waals surface area contributed by atoms with Gasteiger partial charge in [-0.1, -0.05) is 13.5 Å². The molecule has 1 aliphatic heterocycles. The molecule has 1 amide bonds. The minimum Gasteiger partial charge on any atom is -0.337 e. The standard InChI is InChI=1S/C21H28N6O/c1-13(2)25-21-23-12-24-27(21)17(6)18-11-26(8-7-14(18)3)20(28)19-9-15(4)16(5)10-22-19/h9-10,12,14,18H,6-8,11H2,1-5H3/t14-,18-/m1/s1. The summed E-state index contributed by atoms with van der Waals surface area (Å²) in [7, 11) is 0. The van der Waals surface area contributed by atoms with Crippen molar-refractivity contribution in [2.75, 3.05) is 13.1 Å². The van der Waals surface area contributed by atoms with Crippen LogP contribution in [-0.4, -0.2) is 49.4 Å². The number of piperidine rings is 1. The Balaban J connectivity index is 1.82. The Kier molecular flexibility index (Phi) is 5.72. The summed E-state index contributed by atoms with van der Waals surface area (Å²) in [5.41, 5.74) is 4.37. The van der Waals surface area contributed by atoms with Crippen molar-refractivity contribution in [3.63, 3.8) is 0 Å². The van der Waals surface area contributed by atoms with Crippen molar-refractivity contribution in [1.82, 2.24) is 24.6 Å². The number of aryl methyl sites for hydroxylation is 2. The lowest BCUT2D eigenvalue weighted by Gasteiger charge is -2.37. The first-order valence-electron chi connectivity index (χ1n) is 9.61. The number of hydrogen-bond donors (Lipinski definition) is 0. The molecule has 148 valence electrons. The summed E-state index contributed by atoms with van der Waals surface area (Å²) in [4.78, 5) is 27.9. The van der Waals surface area contributed by atoms with Gasteiger partial charge in [-0.3, -0.25) is 9.78 Å². The quantitative estimate of drug-likeness (QED) is 0.758. The number of pyridine rings is 1. The van der Waals surface area contributed by atoms with E-state index >= 15 is 0 Å². The lowest BCUT2D eigenvalue weighted by atomic mass is 9.85. The van der Waals surface area contributed by atoms with Crippen LogP contribution in [0.1, 0.15) is 48.8 Å². The normalized spacial score (nSPS) is 19.4. The van der Waals surface area contributed by atoms with E-state index in [1.54, 1.807) is 10.9 Å². The molecule has 7 nitrogen and oxygen atoms in total. The summed E-state index contributed by atoms with van der Waals surface area (Å²) in [6.45, 7) is 15.6. The number of amides is 1. The van der Waals surface area contributed by atoms with Crippen molar-refractivity contribution in [1.29, 1.82) is 0 Å². The molecule has 0 saturated carbocycles. The van der Waals surface area contributed by atoms with E-state index in [-0.39, 0.29) is 11.8 Å². The second-order valence-electron chi connectivity index (χ2n) is 7.80. The van der Waals surface area contributed by atoms with Crippen LogP contribution in [0, 0.1) is 25.7 Å². The van der Waals surface area contributed by atoms with Gasteiger partial charge in [0.05, 0.1) is 0 Å². The molecule has 7 heteroatoms. The average molecular weight is 380 g/mol. The smallest absolute Gasteiger partial charge is 0.272 e. The fourth-order valence-corrected chi connectivity index (χ4v) is 3.46. The van der Waals surface area contributed by atoms with E-state index in [9.17, 15) is 4.79 Å². The molecule has 1 aliphatic rings. The molecule has 28 heavy (non-hydrogen) atoms. The second kappa shape index (κ2) is 8.04. The van der Waals surface area contributed by atoms with E-state index < -0.39 is 0 Å². The molecule has 0 aliphatic carbocycles. The summed E-state index contributed by atoms with van der Waals surface area (Å²) in [5.74, 6) is 0.954. The maximum atomic E-state index is 13.0. The molecule has 0 radical (unpaired) electrons. The Labute approximate surface area is 166 Å². The SMILES string of the molecule is C=C([C@@H]1CN(C(=O)c2cc(C)c(C)cn2)CC[C@H]1C)n1ncnc1N=C(C)C. The first-order chi connectivity index (χ1) is 13.3. The van der Waals surface area contributed by atoms with Gasteiger partial charge in [0.2, 0.25) is 0 Å². The van der Waals surface area contributed by atoms with Crippen LogP contribution < -0.4 is 0 Å². The van der Waals surface area contributed by atoms with Gasteiger partial charge in [-0.15, -0.1) is 0 Å². The molecular formula is C21H28N6O. The van der Waals surface area contributed by atoms with Gasteiger partial charge >= 0.3 is 0 Å². The number of likely N-dealkylation sites (tertiary alicyclic amines) is 1. The Morgan fingerprint density at radius 2 is 2.00 bits per heavy atom. The number of aromatic nitrogens is 4. The average Bonchev–Trinajstić information content (AvgIpc) is 3.10. The van der Waals surface area contributed by atoms with E-state index in [1.165, 1.54) is 6.33 Å². The first-order valence-corrected chi connectivity index (χ1v) is 9.61. The van der Waals surface area contributed by atoms with E-state index in [4.69, 9.17) is 0 Å². The molecule has 3 rings (SSSR count). The zero-order valence-corrected chi connectivity index (χ0v) is 17.3. The lowest BCUT2D eigenvalue weighted by molar-refractivity contribution is 0.0647. The molecule has 0 spiro atoms. The summed E-state index contributed by atoms with van der Waals surface area (Å²) in [6.07, 6.45) is 4.15. The molecule has 3 heterocycles.